The molecule has 0 saturated heterocycles. The van der Waals surface area contributed by atoms with E-state index >= 15 is 0 Å². The number of carbonyl (C=O) groups is 1. The Kier molecular flexibility index (Phi) is 4.13. The first-order valence-electron chi connectivity index (χ1n) is 8.45. The zero-order valence-electron chi connectivity index (χ0n) is 13.9. The van der Waals surface area contributed by atoms with Gasteiger partial charge in [0.05, 0.1) is 10.9 Å². The third kappa shape index (κ3) is 2.98. The summed E-state index contributed by atoms with van der Waals surface area (Å²) >= 11 is 1.58. The highest BCUT2D eigenvalue weighted by Crippen LogP contribution is 2.34. The van der Waals surface area contributed by atoms with Crippen molar-refractivity contribution in [1.29, 1.82) is 0 Å². The largest absolute Gasteiger partial charge is 0.454 e. The highest BCUT2D eigenvalue weighted by atomic mass is 32.1. The molecular formula is C19H18N2O3S. The highest BCUT2D eigenvalue weighted by Gasteiger charge is 2.21. The van der Waals surface area contributed by atoms with Gasteiger partial charge < -0.3 is 9.72 Å². The Balaban J connectivity index is 1.52. The Labute approximate surface area is 148 Å². The van der Waals surface area contributed by atoms with Crippen LogP contribution < -0.4 is 5.56 Å². The van der Waals surface area contributed by atoms with Gasteiger partial charge in [-0.25, -0.2) is 9.78 Å². The first-order chi connectivity index (χ1) is 12.2. The van der Waals surface area contributed by atoms with Crippen LogP contribution in [0.4, 0.5) is 0 Å². The molecule has 2 aromatic heterocycles. The number of hydrogen-bond donors (Lipinski definition) is 1. The minimum absolute atomic E-state index is 0.0396. The number of esters is 1. The molecule has 1 aliphatic rings. The Bertz CT molecular complexity index is 1000. The number of rotatable bonds is 4. The molecule has 0 saturated carbocycles. The Morgan fingerprint density at radius 2 is 2.08 bits per heavy atom. The number of nitrogens with zero attached hydrogens (tertiary/aromatic N) is 1. The fourth-order valence-electron chi connectivity index (χ4n) is 3.21. The van der Waals surface area contributed by atoms with Crippen molar-refractivity contribution in [2.45, 2.75) is 39.2 Å². The van der Waals surface area contributed by atoms with Gasteiger partial charge in [-0.3, -0.25) is 4.79 Å². The van der Waals surface area contributed by atoms with Crippen LogP contribution in [0.25, 0.3) is 10.2 Å². The Morgan fingerprint density at radius 3 is 2.84 bits per heavy atom. The van der Waals surface area contributed by atoms with Gasteiger partial charge >= 0.3 is 5.97 Å². The molecule has 0 fully saturated rings. The van der Waals surface area contributed by atoms with Crippen LogP contribution in [-0.4, -0.2) is 15.9 Å². The third-order valence-corrected chi connectivity index (χ3v) is 5.75. The molecule has 1 N–H and O–H groups in total. The van der Waals surface area contributed by atoms with Crippen molar-refractivity contribution < 1.29 is 9.53 Å². The number of H-pyrrole nitrogens is 1. The van der Waals surface area contributed by atoms with Gasteiger partial charge in [0, 0.05) is 4.88 Å². The van der Waals surface area contributed by atoms with Crippen molar-refractivity contribution >= 4 is 27.5 Å². The van der Waals surface area contributed by atoms with Crippen molar-refractivity contribution in [3.63, 3.8) is 0 Å². The molecule has 0 radical (unpaired) electrons. The summed E-state index contributed by atoms with van der Waals surface area (Å²) in [6.07, 6.45) is 3.99. The smallest absolute Gasteiger partial charge is 0.338 e. The van der Waals surface area contributed by atoms with Crippen molar-refractivity contribution in [2.24, 2.45) is 0 Å². The monoisotopic (exact) mass is 354 g/mol. The van der Waals surface area contributed by atoms with Crippen molar-refractivity contribution in [2.75, 3.05) is 0 Å². The van der Waals surface area contributed by atoms with E-state index < -0.39 is 5.97 Å². The van der Waals surface area contributed by atoms with E-state index in [9.17, 15) is 9.59 Å². The zero-order valence-corrected chi connectivity index (χ0v) is 14.7. The van der Waals surface area contributed by atoms with E-state index in [0.29, 0.717) is 16.8 Å². The van der Waals surface area contributed by atoms with Gasteiger partial charge in [0.1, 0.15) is 17.3 Å². The second kappa shape index (κ2) is 6.44. The fourth-order valence-corrected chi connectivity index (χ4v) is 4.49. The number of thiophene rings is 1. The van der Waals surface area contributed by atoms with Gasteiger partial charge in [-0.15, -0.1) is 11.3 Å². The number of aryl methyl sites for hydroxylation is 3. The average Bonchev–Trinajstić information content (AvgIpc) is 3.20. The summed E-state index contributed by atoms with van der Waals surface area (Å²) in [6.45, 7) is 2.02. The van der Waals surface area contributed by atoms with Gasteiger partial charge in [0.25, 0.3) is 5.56 Å². The molecule has 0 unspecified atom stereocenters. The molecule has 5 nitrogen and oxygen atoms in total. The maximum atomic E-state index is 12.4. The molecule has 0 spiro atoms. The van der Waals surface area contributed by atoms with E-state index in [2.05, 4.69) is 16.9 Å². The Hall–Kier alpha value is -2.47. The summed E-state index contributed by atoms with van der Waals surface area (Å²) in [5, 5.41) is 0.711. The molecule has 2 heterocycles. The molecule has 128 valence electrons. The van der Waals surface area contributed by atoms with E-state index in [1.54, 1.807) is 23.5 Å². The fraction of sp³-hybridized carbons (Fsp3) is 0.316. The van der Waals surface area contributed by atoms with Crippen LogP contribution >= 0.6 is 11.3 Å². The summed E-state index contributed by atoms with van der Waals surface area (Å²) < 4.78 is 5.30. The number of aromatic nitrogens is 2. The molecule has 0 amide bonds. The summed E-state index contributed by atoms with van der Waals surface area (Å²) in [4.78, 5) is 33.8. The van der Waals surface area contributed by atoms with Crippen LogP contribution in [-0.2, 0) is 30.6 Å². The van der Waals surface area contributed by atoms with E-state index in [1.165, 1.54) is 10.4 Å². The van der Waals surface area contributed by atoms with Crippen LogP contribution in [0.2, 0.25) is 0 Å². The molecule has 3 aromatic rings. The number of ether oxygens (including phenoxy) is 1. The predicted octanol–water partition coefficient (Wildman–Crippen LogP) is 3.39. The van der Waals surface area contributed by atoms with Crippen LogP contribution in [0, 0.1) is 0 Å². The molecule has 0 bridgehead atoms. The summed E-state index contributed by atoms with van der Waals surface area (Å²) in [5.41, 5.74) is 2.67. The standard InChI is InChI=1S/C19H18N2O3S/c1-2-11-6-8-12(9-7-11)19(23)24-10-15-20-17(22)16-13-4-3-5-14(13)25-18(16)21-15/h6-9H,2-5,10H2,1H3,(H,20,21,22). The van der Waals surface area contributed by atoms with Crippen molar-refractivity contribution in [3.05, 3.63) is 62.0 Å². The molecule has 1 aliphatic carbocycles. The van der Waals surface area contributed by atoms with Crippen molar-refractivity contribution in [3.8, 4) is 0 Å². The number of nitrogens with one attached hydrogen (secondary N) is 1. The molecule has 0 aliphatic heterocycles. The number of hydrogen-bond acceptors (Lipinski definition) is 5. The van der Waals surface area contributed by atoms with E-state index in [-0.39, 0.29) is 12.2 Å². The number of aromatic amines is 1. The lowest BCUT2D eigenvalue weighted by molar-refractivity contribution is 0.0462. The lowest BCUT2D eigenvalue weighted by Gasteiger charge is -2.05. The minimum Gasteiger partial charge on any atom is -0.454 e. The van der Waals surface area contributed by atoms with E-state index in [4.69, 9.17) is 4.74 Å². The van der Waals surface area contributed by atoms with Crippen LogP contribution in [0.5, 0.6) is 0 Å². The predicted molar refractivity (Wildman–Crippen MR) is 97.2 cm³/mol. The number of fused-ring (bicyclic) bond motifs is 3. The number of benzene rings is 1. The Morgan fingerprint density at radius 1 is 1.28 bits per heavy atom. The van der Waals surface area contributed by atoms with Crippen LogP contribution in [0.1, 0.15) is 45.5 Å². The maximum Gasteiger partial charge on any atom is 0.338 e. The molecule has 6 heteroatoms. The first kappa shape index (κ1) is 16.0. The molecule has 25 heavy (non-hydrogen) atoms. The molecular weight excluding hydrogens is 336 g/mol. The molecule has 0 atom stereocenters. The lowest BCUT2D eigenvalue weighted by Crippen LogP contribution is -2.14. The second-order valence-corrected chi connectivity index (χ2v) is 7.26. The quantitative estimate of drug-likeness (QED) is 0.729. The first-order valence-corrected chi connectivity index (χ1v) is 9.27. The topological polar surface area (TPSA) is 72.0 Å². The normalized spacial score (nSPS) is 13.2. The zero-order chi connectivity index (χ0) is 17.4. The molecule has 4 rings (SSSR count). The maximum absolute atomic E-state index is 12.4. The SMILES string of the molecule is CCc1ccc(C(=O)OCc2nc3sc4c(c3c(=O)[nH]2)CCC4)cc1. The summed E-state index contributed by atoms with van der Waals surface area (Å²) in [7, 11) is 0. The van der Waals surface area contributed by atoms with E-state index in [1.807, 2.05) is 12.1 Å². The summed E-state index contributed by atoms with van der Waals surface area (Å²) in [6, 6.07) is 7.33. The van der Waals surface area contributed by atoms with Gasteiger partial charge in [-0.05, 0) is 48.9 Å². The average molecular weight is 354 g/mol. The number of carbonyl (C=O) groups excluding carboxylic acids is 1. The minimum atomic E-state index is -0.418. The van der Waals surface area contributed by atoms with Gasteiger partial charge in [0.2, 0.25) is 0 Å². The molecule has 1 aromatic carbocycles. The second-order valence-electron chi connectivity index (χ2n) is 6.18. The van der Waals surface area contributed by atoms with E-state index in [0.717, 1.165) is 36.1 Å². The van der Waals surface area contributed by atoms with Crippen LogP contribution in [0.15, 0.2) is 29.1 Å². The van der Waals surface area contributed by atoms with Gasteiger partial charge in [-0.1, -0.05) is 19.1 Å². The summed E-state index contributed by atoms with van der Waals surface area (Å²) in [5.74, 6) is -0.0324. The van der Waals surface area contributed by atoms with Crippen LogP contribution in [0.3, 0.4) is 0 Å². The van der Waals surface area contributed by atoms with Gasteiger partial charge in [0.15, 0.2) is 0 Å². The van der Waals surface area contributed by atoms with Gasteiger partial charge in [-0.2, -0.15) is 0 Å². The van der Waals surface area contributed by atoms with Crippen molar-refractivity contribution in [1.82, 2.24) is 9.97 Å². The third-order valence-electron chi connectivity index (χ3n) is 4.56. The lowest BCUT2D eigenvalue weighted by atomic mass is 10.1. The highest BCUT2D eigenvalue weighted by molar-refractivity contribution is 7.18.